The molecule has 1 aromatic rings. The number of ether oxygens (including phenoxy) is 3. The molecule has 2 aliphatic rings. The highest BCUT2D eigenvalue weighted by Crippen LogP contribution is 2.36. The third kappa shape index (κ3) is 3.98. The van der Waals surface area contributed by atoms with E-state index in [0.29, 0.717) is 0 Å². The van der Waals surface area contributed by atoms with E-state index in [-0.39, 0.29) is 24.2 Å². The predicted molar refractivity (Wildman–Crippen MR) is 80.1 cm³/mol. The smallest absolute Gasteiger partial charge is 0.394 e. The molecule has 7 nitrogen and oxygen atoms in total. The summed E-state index contributed by atoms with van der Waals surface area (Å²) in [5.74, 6) is -2.35. The Balaban J connectivity index is 1.82. The van der Waals surface area contributed by atoms with Crippen LogP contribution in [0.15, 0.2) is 6.07 Å². The van der Waals surface area contributed by atoms with Crippen LogP contribution in [0.4, 0.5) is 19.0 Å². The third-order valence-corrected chi connectivity index (χ3v) is 4.07. The molecule has 0 radical (unpaired) electrons. The van der Waals surface area contributed by atoms with E-state index in [1.807, 2.05) is 0 Å². The fourth-order valence-corrected chi connectivity index (χ4v) is 3.10. The molecule has 140 valence electrons. The van der Waals surface area contributed by atoms with Crippen molar-refractivity contribution in [1.29, 1.82) is 0 Å². The van der Waals surface area contributed by atoms with Crippen molar-refractivity contribution in [1.82, 2.24) is 9.97 Å². The van der Waals surface area contributed by atoms with Crippen molar-refractivity contribution in [2.75, 3.05) is 18.5 Å². The van der Waals surface area contributed by atoms with Gasteiger partial charge in [0.15, 0.2) is 5.79 Å². The van der Waals surface area contributed by atoms with Crippen LogP contribution in [0.2, 0.25) is 5.15 Å². The van der Waals surface area contributed by atoms with Crippen LogP contribution in [0, 0.1) is 0 Å². The van der Waals surface area contributed by atoms with Crippen molar-refractivity contribution in [2.24, 2.45) is 0 Å². The Hall–Kier alpha value is -1.20. The predicted octanol–water partition coefficient (Wildman–Crippen LogP) is 1.84. The van der Waals surface area contributed by atoms with Crippen molar-refractivity contribution in [3.05, 3.63) is 17.0 Å². The first kappa shape index (κ1) is 18.6. The van der Waals surface area contributed by atoms with Gasteiger partial charge < -0.3 is 24.6 Å². The Kier molecular flexibility index (Phi) is 4.84. The summed E-state index contributed by atoms with van der Waals surface area (Å²) in [6.07, 6.45) is -6.40. The molecule has 0 aliphatic carbocycles. The van der Waals surface area contributed by atoms with Crippen molar-refractivity contribution in [3.63, 3.8) is 0 Å². The second-order valence-corrected chi connectivity index (χ2v) is 6.65. The van der Waals surface area contributed by atoms with E-state index in [2.05, 4.69) is 15.3 Å². The topological polar surface area (TPSA) is 85.7 Å². The first-order valence-corrected chi connectivity index (χ1v) is 7.93. The number of alkyl halides is 3. The quantitative estimate of drug-likeness (QED) is 0.770. The van der Waals surface area contributed by atoms with E-state index in [1.54, 1.807) is 13.8 Å². The van der Waals surface area contributed by atoms with Gasteiger partial charge in [-0.1, -0.05) is 11.6 Å². The summed E-state index contributed by atoms with van der Waals surface area (Å²) in [5.41, 5.74) is 0. The van der Waals surface area contributed by atoms with Crippen molar-refractivity contribution < 1.29 is 32.5 Å². The molecule has 0 bridgehead atoms. The lowest BCUT2D eigenvalue weighted by Gasteiger charge is -2.36. The lowest BCUT2D eigenvalue weighted by molar-refractivity contribution is -0.157. The molecule has 0 amide bonds. The highest BCUT2D eigenvalue weighted by Gasteiger charge is 2.52. The van der Waals surface area contributed by atoms with Gasteiger partial charge in [-0.25, -0.2) is 9.97 Å². The zero-order valence-electron chi connectivity index (χ0n) is 13.4. The largest absolute Gasteiger partial charge is 0.451 e. The minimum atomic E-state index is -4.72. The number of nitrogens with one attached hydrogen (secondary N) is 1. The number of anilines is 1. The first-order valence-electron chi connectivity index (χ1n) is 7.55. The fraction of sp³-hybridized carbons (Fsp3) is 0.714. The average Bonchev–Trinajstić information content (AvgIpc) is 2.82. The van der Waals surface area contributed by atoms with Crippen molar-refractivity contribution in [3.8, 4) is 0 Å². The van der Waals surface area contributed by atoms with Crippen LogP contribution in [-0.4, -0.2) is 58.4 Å². The second-order valence-electron chi connectivity index (χ2n) is 6.27. The van der Waals surface area contributed by atoms with Gasteiger partial charge in [0.2, 0.25) is 5.82 Å². The first-order chi connectivity index (χ1) is 11.6. The summed E-state index contributed by atoms with van der Waals surface area (Å²) in [7, 11) is 0. The molecule has 2 aliphatic heterocycles. The minimum Gasteiger partial charge on any atom is -0.394 e. The van der Waals surface area contributed by atoms with Gasteiger partial charge in [-0.05, 0) is 13.8 Å². The summed E-state index contributed by atoms with van der Waals surface area (Å²) in [6, 6.07) is 0.645. The molecule has 1 aromatic heterocycles. The minimum absolute atomic E-state index is 0.0921. The van der Waals surface area contributed by atoms with Crippen molar-refractivity contribution in [2.45, 2.75) is 50.2 Å². The Morgan fingerprint density at radius 3 is 2.64 bits per heavy atom. The van der Waals surface area contributed by atoms with E-state index < -0.39 is 42.1 Å². The molecule has 2 fully saturated rings. The summed E-state index contributed by atoms with van der Waals surface area (Å²) in [6.45, 7) is 3.25. The molecule has 3 rings (SSSR count). The van der Waals surface area contributed by atoms with Gasteiger partial charge in [0, 0.05) is 6.07 Å². The Labute approximate surface area is 146 Å². The summed E-state index contributed by atoms with van der Waals surface area (Å²) in [5, 5.41) is 11.9. The molecule has 3 heterocycles. The molecule has 11 heteroatoms. The standard InChI is InChI=1S/C14H17ClF3N3O4/c1-13(2)24-10-6(5-23-7(4-22)11(10)25-13)19-9-3-8(15)20-12(21-9)14(16,17)18/h3,6-7,10-11,22H,4-5H2,1-2H3,(H,19,20,21)/t6-,7+,10+,11-/m0/s1. The monoisotopic (exact) mass is 383 g/mol. The van der Waals surface area contributed by atoms with Crippen LogP contribution in [0.1, 0.15) is 19.7 Å². The number of halogens is 4. The highest BCUT2D eigenvalue weighted by atomic mass is 35.5. The van der Waals surface area contributed by atoms with E-state index in [0.717, 1.165) is 0 Å². The molecule has 2 N–H and O–H groups in total. The number of aromatic nitrogens is 2. The van der Waals surface area contributed by atoms with Crippen LogP contribution >= 0.6 is 11.6 Å². The summed E-state index contributed by atoms with van der Waals surface area (Å²) >= 11 is 5.66. The molecule has 4 atom stereocenters. The normalized spacial score (nSPS) is 31.6. The average molecular weight is 384 g/mol. The molecule has 2 saturated heterocycles. The number of nitrogens with zero attached hydrogens (tertiary/aromatic N) is 2. The second kappa shape index (κ2) is 6.51. The Morgan fingerprint density at radius 2 is 2.00 bits per heavy atom. The van der Waals surface area contributed by atoms with Gasteiger partial charge in [0.05, 0.1) is 19.3 Å². The zero-order chi connectivity index (χ0) is 18.4. The maximum Gasteiger partial charge on any atom is 0.451 e. The van der Waals surface area contributed by atoms with E-state index in [1.165, 1.54) is 6.07 Å². The lowest BCUT2D eigenvalue weighted by atomic mass is 9.98. The SMILES string of the molecule is CC1(C)O[C@@H]2[C@H](O1)[C@@H](Nc1cc(Cl)nc(C(F)(F)F)n1)CO[C@@H]2CO. The van der Waals surface area contributed by atoms with Crippen LogP contribution < -0.4 is 5.32 Å². The number of fused-ring (bicyclic) bond motifs is 1. The molecule has 0 spiro atoms. The fourth-order valence-electron chi connectivity index (χ4n) is 2.92. The number of rotatable bonds is 3. The maximum atomic E-state index is 12.8. The van der Waals surface area contributed by atoms with Crippen molar-refractivity contribution >= 4 is 17.4 Å². The lowest BCUT2D eigenvalue weighted by Crippen LogP contribution is -2.55. The van der Waals surface area contributed by atoms with Gasteiger partial charge in [-0.15, -0.1) is 0 Å². The molecule has 0 aromatic carbocycles. The number of aliphatic hydroxyl groups is 1. The molecule has 0 saturated carbocycles. The van der Waals surface area contributed by atoms with E-state index >= 15 is 0 Å². The Bertz CT molecular complexity index is 646. The van der Waals surface area contributed by atoms with Gasteiger partial charge in [0.1, 0.15) is 29.3 Å². The number of aliphatic hydroxyl groups excluding tert-OH is 1. The Morgan fingerprint density at radius 1 is 1.32 bits per heavy atom. The van der Waals surface area contributed by atoms with Gasteiger partial charge in [-0.3, -0.25) is 0 Å². The molecular weight excluding hydrogens is 367 g/mol. The van der Waals surface area contributed by atoms with Crippen LogP contribution in [0.3, 0.4) is 0 Å². The third-order valence-electron chi connectivity index (χ3n) is 3.88. The maximum absolute atomic E-state index is 12.8. The van der Waals surface area contributed by atoms with Crippen LogP contribution in [-0.2, 0) is 20.4 Å². The van der Waals surface area contributed by atoms with Gasteiger partial charge >= 0.3 is 6.18 Å². The zero-order valence-corrected chi connectivity index (χ0v) is 14.1. The molecule has 25 heavy (non-hydrogen) atoms. The van der Waals surface area contributed by atoms with Crippen LogP contribution in [0.25, 0.3) is 0 Å². The summed E-state index contributed by atoms with van der Waals surface area (Å²) < 4.78 is 55.6. The molecular formula is C14H17ClF3N3O4. The van der Waals surface area contributed by atoms with Gasteiger partial charge in [0.25, 0.3) is 0 Å². The number of hydrogen-bond donors (Lipinski definition) is 2. The van der Waals surface area contributed by atoms with Gasteiger partial charge in [-0.2, -0.15) is 13.2 Å². The molecule has 0 unspecified atom stereocenters. The number of hydrogen-bond acceptors (Lipinski definition) is 7. The summed E-state index contributed by atoms with van der Waals surface area (Å²) in [4.78, 5) is 6.64. The van der Waals surface area contributed by atoms with Crippen LogP contribution in [0.5, 0.6) is 0 Å². The van der Waals surface area contributed by atoms with E-state index in [9.17, 15) is 18.3 Å². The highest BCUT2D eigenvalue weighted by molar-refractivity contribution is 6.29. The van der Waals surface area contributed by atoms with E-state index in [4.69, 9.17) is 25.8 Å².